The van der Waals surface area contributed by atoms with Gasteiger partial charge in [-0.3, -0.25) is 9.59 Å². The molecule has 0 aliphatic heterocycles. The fourth-order valence-corrected chi connectivity index (χ4v) is 2.16. The van der Waals surface area contributed by atoms with Gasteiger partial charge in [-0.15, -0.1) is 0 Å². The molecule has 5 N–H and O–H groups in total. The summed E-state index contributed by atoms with van der Waals surface area (Å²) in [6.07, 6.45) is 0. The summed E-state index contributed by atoms with van der Waals surface area (Å²) >= 11 is 0. The van der Waals surface area contributed by atoms with Crippen LogP contribution in [-0.4, -0.2) is 23.9 Å². The zero-order valence-corrected chi connectivity index (χ0v) is 14.3. The molecule has 0 aliphatic rings. The van der Waals surface area contributed by atoms with Gasteiger partial charge in [0.05, 0.1) is 5.56 Å². The lowest BCUT2D eigenvalue weighted by molar-refractivity contribution is 0.0992. The third kappa shape index (κ3) is 5.04. The molecule has 4 amide bonds. The molecule has 0 spiro atoms. The Bertz CT molecular complexity index is 852. The van der Waals surface area contributed by atoms with Gasteiger partial charge in [0.25, 0.3) is 11.8 Å². The number of primary amides is 1. The highest BCUT2D eigenvalue weighted by Gasteiger charge is 2.12. The fraction of sp³-hybridized carbons (Fsp3) is 0.167. The quantitative estimate of drug-likeness (QED) is 0.659. The van der Waals surface area contributed by atoms with Gasteiger partial charge in [0.2, 0.25) is 0 Å². The molecule has 26 heavy (non-hydrogen) atoms. The van der Waals surface area contributed by atoms with E-state index < -0.39 is 17.6 Å². The summed E-state index contributed by atoms with van der Waals surface area (Å²) in [5, 5.41) is 7.85. The normalized spacial score (nSPS) is 10.3. The molecule has 0 saturated carbocycles. The minimum Gasteiger partial charge on any atom is -0.366 e. The first-order valence-corrected chi connectivity index (χ1v) is 7.84. The van der Waals surface area contributed by atoms with Gasteiger partial charge in [-0.25, -0.2) is 9.18 Å². The van der Waals surface area contributed by atoms with Crippen molar-refractivity contribution in [3.05, 3.63) is 59.4 Å². The van der Waals surface area contributed by atoms with Gasteiger partial charge in [0, 0.05) is 23.0 Å². The van der Waals surface area contributed by atoms with Gasteiger partial charge >= 0.3 is 6.03 Å². The summed E-state index contributed by atoms with van der Waals surface area (Å²) in [6.45, 7) is 3.65. The topological polar surface area (TPSA) is 113 Å². The Balaban J connectivity index is 2.13. The molecule has 2 aromatic rings. The number of rotatable bonds is 5. The second-order valence-electron chi connectivity index (χ2n) is 5.85. The van der Waals surface area contributed by atoms with Gasteiger partial charge in [0.15, 0.2) is 0 Å². The van der Waals surface area contributed by atoms with Crippen molar-refractivity contribution in [3.63, 3.8) is 0 Å². The number of hydrogen-bond acceptors (Lipinski definition) is 3. The van der Waals surface area contributed by atoms with E-state index in [-0.39, 0.29) is 28.9 Å². The fourth-order valence-electron chi connectivity index (χ4n) is 2.16. The predicted molar refractivity (Wildman–Crippen MR) is 96.6 cm³/mol. The highest BCUT2D eigenvalue weighted by Crippen LogP contribution is 2.17. The number of benzene rings is 2. The van der Waals surface area contributed by atoms with Crippen LogP contribution in [0.4, 0.5) is 20.6 Å². The Kier molecular flexibility index (Phi) is 5.90. The van der Waals surface area contributed by atoms with Crippen LogP contribution in [0.15, 0.2) is 42.5 Å². The number of anilines is 2. The van der Waals surface area contributed by atoms with E-state index in [2.05, 4.69) is 16.0 Å². The summed E-state index contributed by atoms with van der Waals surface area (Å²) in [5.74, 6) is -2.18. The standard InChI is InChI=1S/C18H19FN4O3/c1-10(2)21-18(26)23-12-5-3-4-11(8-12)17(25)22-13-6-7-15(19)14(9-13)16(20)24/h3-10H,1-2H3,(H2,20,24)(H,22,25)(H2,21,23,26). The Labute approximate surface area is 149 Å². The number of nitrogens with two attached hydrogens (primary N) is 1. The van der Waals surface area contributed by atoms with Crippen LogP contribution in [0.3, 0.4) is 0 Å². The molecule has 0 atom stereocenters. The zero-order chi connectivity index (χ0) is 19.3. The summed E-state index contributed by atoms with van der Waals surface area (Å²) in [4.78, 5) is 35.2. The average molecular weight is 358 g/mol. The molecule has 0 fully saturated rings. The van der Waals surface area contributed by atoms with E-state index >= 15 is 0 Å². The lowest BCUT2D eigenvalue weighted by Crippen LogP contribution is -2.34. The minimum absolute atomic E-state index is 0.0283. The van der Waals surface area contributed by atoms with Gasteiger partial charge < -0.3 is 21.7 Å². The van der Waals surface area contributed by atoms with Crippen LogP contribution in [0, 0.1) is 5.82 Å². The molecular weight excluding hydrogens is 339 g/mol. The molecule has 0 aromatic heterocycles. The Morgan fingerprint density at radius 3 is 2.35 bits per heavy atom. The van der Waals surface area contributed by atoms with E-state index in [0.717, 1.165) is 12.1 Å². The Morgan fingerprint density at radius 2 is 1.69 bits per heavy atom. The minimum atomic E-state index is -0.930. The van der Waals surface area contributed by atoms with Crippen molar-refractivity contribution in [1.29, 1.82) is 0 Å². The maximum absolute atomic E-state index is 13.5. The third-order valence-corrected chi connectivity index (χ3v) is 3.29. The van der Waals surface area contributed by atoms with Gasteiger partial charge in [-0.1, -0.05) is 6.07 Å². The van der Waals surface area contributed by atoms with E-state index in [9.17, 15) is 18.8 Å². The van der Waals surface area contributed by atoms with E-state index in [1.165, 1.54) is 12.1 Å². The highest BCUT2D eigenvalue weighted by atomic mass is 19.1. The van der Waals surface area contributed by atoms with Crippen LogP contribution in [0.25, 0.3) is 0 Å². The SMILES string of the molecule is CC(C)NC(=O)Nc1cccc(C(=O)Nc2ccc(F)c(C(N)=O)c2)c1. The van der Waals surface area contributed by atoms with Crippen molar-refractivity contribution >= 4 is 29.2 Å². The number of carbonyl (C=O) groups is 3. The Morgan fingerprint density at radius 1 is 1.00 bits per heavy atom. The van der Waals surface area contributed by atoms with E-state index in [1.807, 2.05) is 13.8 Å². The van der Waals surface area contributed by atoms with E-state index in [1.54, 1.807) is 18.2 Å². The number of amides is 4. The maximum Gasteiger partial charge on any atom is 0.319 e. The summed E-state index contributed by atoms with van der Waals surface area (Å²) in [5.41, 5.74) is 5.71. The maximum atomic E-state index is 13.5. The average Bonchev–Trinajstić information content (AvgIpc) is 2.55. The van der Waals surface area contributed by atoms with Gasteiger partial charge in [-0.05, 0) is 50.2 Å². The molecule has 0 aliphatic carbocycles. The molecule has 136 valence electrons. The smallest absolute Gasteiger partial charge is 0.319 e. The van der Waals surface area contributed by atoms with Crippen molar-refractivity contribution in [2.24, 2.45) is 5.73 Å². The van der Waals surface area contributed by atoms with Crippen LogP contribution < -0.4 is 21.7 Å². The Hall–Kier alpha value is -3.42. The number of nitrogens with one attached hydrogen (secondary N) is 3. The number of urea groups is 1. The van der Waals surface area contributed by atoms with Crippen molar-refractivity contribution in [1.82, 2.24) is 5.32 Å². The molecule has 0 radical (unpaired) electrons. The van der Waals surface area contributed by atoms with Crippen LogP contribution in [-0.2, 0) is 0 Å². The largest absolute Gasteiger partial charge is 0.366 e. The van der Waals surface area contributed by atoms with E-state index in [4.69, 9.17) is 5.73 Å². The van der Waals surface area contributed by atoms with Crippen LogP contribution in [0.5, 0.6) is 0 Å². The lowest BCUT2D eigenvalue weighted by atomic mass is 10.1. The van der Waals surface area contributed by atoms with Crippen LogP contribution in [0.2, 0.25) is 0 Å². The summed E-state index contributed by atoms with van der Waals surface area (Å²) < 4.78 is 13.5. The molecular formula is C18H19FN4O3. The first kappa shape index (κ1) is 18.9. The molecule has 0 heterocycles. The first-order chi connectivity index (χ1) is 12.3. The summed E-state index contributed by atoms with van der Waals surface area (Å²) in [7, 11) is 0. The van der Waals surface area contributed by atoms with Gasteiger partial charge in [-0.2, -0.15) is 0 Å². The van der Waals surface area contributed by atoms with E-state index in [0.29, 0.717) is 5.69 Å². The molecule has 0 unspecified atom stereocenters. The number of hydrogen-bond donors (Lipinski definition) is 4. The van der Waals surface area contributed by atoms with Crippen LogP contribution >= 0.6 is 0 Å². The second kappa shape index (κ2) is 8.11. The second-order valence-corrected chi connectivity index (χ2v) is 5.85. The van der Waals surface area contributed by atoms with Gasteiger partial charge in [0.1, 0.15) is 5.82 Å². The lowest BCUT2D eigenvalue weighted by Gasteiger charge is -2.11. The molecule has 8 heteroatoms. The highest BCUT2D eigenvalue weighted by molar-refractivity contribution is 6.06. The molecule has 7 nitrogen and oxygen atoms in total. The van der Waals surface area contributed by atoms with Crippen molar-refractivity contribution < 1.29 is 18.8 Å². The zero-order valence-electron chi connectivity index (χ0n) is 14.3. The number of halogens is 1. The molecule has 0 bridgehead atoms. The predicted octanol–water partition coefficient (Wildman–Crippen LogP) is 2.71. The van der Waals surface area contributed by atoms with Crippen molar-refractivity contribution in [2.75, 3.05) is 10.6 Å². The summed E-state index contributed by atoms with van der Waals surface area (Å²) in [6, 6.07) is 9.41. The third-order valence-electron chi connectivity index (χ3n) is 3.29. The van der Waals surface area contributed by atoms with Crippen molar-refractivity contribution in [2.45, 2.75) is 19.9 Å². The first-order valence-electron chi connectivity index (χ1n) is 7.84. The number of carbonyl (C=O) groups excluding carboxylic acids is 3. The monoisotopic (exact) mass is 358 g/mol. The molecule has 0 saturated heterocycles. The molecule has 2 rings (SSSR count). The van der Waals surface area contributed by atoms with Crippen LogP contribution in [0.1, 0.15) is 34.6 Å². The molecule has 2 aromatic carbocycles. The van der Waals surface area contributed by atoms with Crippen molar-refractivity contribution in [3.8, 4) is 0 Å².